The molecule has 1 N–H and O–H groups in total. The minimum atomic E-state index is 0.424. The molecule has 1 aromatic rings. The standard InChI is InChI=1S/C15H24N4/c1-4-9-17-15-14(7-5-10-18-15)12-19(13(2)3)11-6-8-16/h5,7,10,13H,4,6,9,11-12H2,1-3H3,(H,17,18). The third-order valence-corrected chi connectivity index (χ3v) is 3.05. The quantitative estimate of drug-likeness (QED) is 0.780. The van der Waals surface area contributed by atoms with Gasteiger partial charge in [0.15, 0.2) is 0 Å². The smallest absolute Gasteiger partial charge is 0.130 e. The summed E-state index contributed by atoms with van der Waals surface area (Å²) in [6.07, 6.45) is 3.46. The Morgan fingerprint density at radius 1 is 1.47 bits per heavy atom. The number of nitrogens with zero attached hydrogens (tertiary/aromatic N) is 3. The molecule has 19 heavy (non-hydrogen) atoms. The number of hydrogen-bond acceptors (Lipinski definition) is 4. The first-order chi connectivity index (χ1) is 9.19. The lowest BCUT2D eigenvalue weighted by atomic mass is 10.2. The van der Waals surface area contributed by atoms with Gasteiger partial charge < -0.3 is 5.32 Å². The van der Waals surface area contributed by atoms with E-state index in [0.717, 1.165) is 31.9 Å². The topological polar surface area (TPSA) is 52.0 Å². The Labute approximate surface area is 116 Å². The normalized spacial score (nSPS) is 10.7. The average Bonchev–Trinajstić information content (AvgIpc) is 2.41. The zero-order chi connectivity index (χ0) is 14.1. The first kappa shape index (κ1) is 15.5. The van der Waals surface area contributed by atoms with E-state index < -0.39 is 0 Å². The van der Waals surface area contributed by atoms with Crippen LogP contribution in [0.25, 0.3) is 0 Å². The zero-order valence-corrected chi connectivity index (χ0v) is 12.2. The Kier molecular flexibility index (Phi) is 6.91. The number of nitrogens with one attached hydrogen (secondary N) is 1. The third kappa shape index (κ3) is 5.27. The van der Waals surface area contributed by atoms with Gasteiger partial charge in [-0.15, -0.1) is 0 Å². The lowest BCUT2D eigenvalue weighted by Gasteiger charge is -2.26. The summed E-state index contributed by atoms with van der Waals surface area (Å²) < 4.78 is 0. The SMILES string of the molecule is CCCNc1ncccc1CN(CCC#N)C(C)C. The van der Waals surface area contributed by atoms with Crippen molar-refractivity contribution >= 4 is 5.82 Å². The van der Waals surface area contributed by atoms with Gasteiger partial charge in [0.25, 0.3) is 0 Å². The van der Waals surface area contributed by atoms with E-state index in [1.54, 1.807) is 0 Å². The highest BCUT2D eigenvalue weighted by Crippen LogP contribution is 2.16. The van der Waals surface area contributed by atoms with Crippen LogP contribution in [0.15, 0.2) is 18.3 Å². The lowest BCUT2D eigenvalue weighted by Crippen LogP contribution is -2.31. The highest BCUT2D eigenvalue weighted by molar-refractivity contribution is 5.43. The summed E-state index contributed by atoms with van der Waals surface area (Å²) in [4.78, 5) is 6.71. The molecule has 0 bridgehead atoms. The third-order valence-electron chi connectivity index (χ3n) is 3.05. The Morgan fingerprint density at radius 2 is 2.26 bits per heavy atom. The van der Waals surface area contributed by atoms with Crippen LogP contribution in [0.3, 0.4) is 0 Å². The molecule has 1 heterocycles. The maximum absolute atomic E-state index is 8.73. The number of aromatic nitrogens is 1. The molecule has 0 aromatic carbocycles. The Bertz CT molecular complexity index is 409. The van der Waals surface area contributed by atoms with Crippen molar-refractivity contribution < 1.29 is 0 Å². The number of rotatable bonds is 8. The molecule has 0 aliphatic heterocycles. The summed E-state index contributed by atoms with van der Waals surface area (Å²) in [6.45, 7) is 9.03. The number of pyridine rings is 1. The minimum absolute atomic E-state index is 0.424. The van der Waals surface area contributed by atoms with E-state index >= 15 is 0 Å². The van der Waals surface area contributed by atoms with Crippen LogP contribution in [0.1, 0.15) is 39.2 Å². The lowest BCUT2D eigenvalue weighted by molar-refractivity contribution is 0.218. The Morgan fingerprint density at radius 3 is 2.89 bits per heavy atom. The van der Waals surface area contributed by atoms with Gasteiger partial charge in [0.2, 0.25) is 0 Å². The molecule has 0 atom stereocenters. The molecule has 4 nitrogen and oxygen atoms in total. The zero-order valence-electron chi connectivity index (χ0n) is 12.2. The fourth-order valence-corrected chi connectivity index (χ4v) is 1.90. The molecule has 1 aromatic heterocycles. The molecule has 0 saturated heterocycles. The van der Waals surface area contributed by atoms with Crippen molar-refractivity contribution in [3.63, 3.8) is 0 Å². The van der Waals surface area contributed by atoms with Crippen molar-refractivity contribution in [3.05, 3.63) is 23.9 Å². The van der Waals surface area contributed by atoms with Gasteiger partial charge in [-0.25, -0.2) is 4.98 Å². The van der Waals surface area contributed by atoms with Crippen molar-refractivity contribution in [1.29, 1.82) is 5.26 Å². The maximum atomic E-state index is 8.73. The molecule has 0 amide bonds. The highest BCUT2D eigenvalue weighted by atomic mass is 15.1. The van der Waals surface area contributed by atoms with Crippen LogP contribution >= 0.6 is 0 Å². The second-order valence-corrected chi connectivity index (χ2v) is 4.91. The molecule has 0 aliphatic carbocycles. The van der Waals surface area contributed by atoms with Crippen molar-refractivity contribution in [2.45, 2.75) is 46.2 Å². The predicted octanol–water partition coefficient (Wildman–Crippen LogP) is 3.03. The summed E-state index contributed by atoms with van der Waals surface area (Å²) in [7, 11) is 0. The second kappa shape index (κ2) is 8.49. The van der Waals surface area contributed by atoms with E-state index in [2.05, 4.69) is 48.1 Å². The van der Waals surface area contributed by atoms with Crippen LogP contribution in [0, 0.1) is 11.3 Å². The van der Waals surface area contributed by atoms with Crippen molar-refractivity contribution in [1.82, 2.24) is 9.88 Å². The Balaban J connectivity index is 2.75. The number of hydrogen-bond donors (Lipinski definition) is 1. The van der Waals surface area contributed by atoms with E-state index in [1.807, 2.05) is 12.3 Å². The van der Waals surface area contributed by atoms with Crippen LogP contribution in [0.2, 0.25) is 0 Å². The summed E-state index contributed by atoms with van der Waals surface area (Å²) in [6, 6.07) is 6.71. The molecule has 0 fully saturated rings. The molecule has 0 spiro atoms. The predicted molar refractivity (Wildman–Crippen MR) is 78.8 cm³/mol. The molecule has 0 saturated carbocycles. The minimum Gasteiger partial charge on any atom is -0.370 e. The van der Waals surface area contributed by atoms with Crippen molar-refractivity contribution in [2.24, 2.45) is 0 Å². The van der Waals surface area contributed by atoms with Gasteiger partial charge in [0.1, 0.15) is 5.82 Å². The molecule has 0 aliphatic rings. The monoisotopic (exact) mass is 260 g/mol. The van der Waals surface area contributed by atoms with Gasteiger partial charge >= 0.3 is 0 Å². The van der Waals surface area contributed by atoms with Crippen molar-refractivity contribution in [3.8, 4) is 6.07 Å². The van der Waals surface area contributed by atoms with Gasteiger partial charge in [-0.3, -0.25) is 4.90 Å². The molecule has 0 unspecified atom stereocenters. The molecular formula is C15H24N4. The summed E-state index contributed by atoms with van der Waals surface area (Å²) in [5.41, 5.74) is 1.20. The molecule has 104 valence electrons. The van der Waals surface area contributed by atoms with Crippen molar-refractivity contribution in [2.75, 3.05) is 18.4 Å². The molecular weight excluding hydrogens is 236 g/mol. The maximum Gasteiger partial charge on any atom is 0.130 e. The molecule has 0 radical (unpaired) electrons. The Hall–Kier alpha value is -1.60. The van der Waals surface area contributed by atoms with Crippen LogP contribution < -0.4 is 5.32 Å². The van der Waals surface area contributed by atoms with Gasteiger partial charge in [0.05, 0.1) is 6.07 Å². The van der Waals surface area contributed by atoms with Crippen LogP contribution in [0.5, 0.6) is 0 Å². The largest absolute Gasteiger partial charge is 0.370 e. The van der Waals surface area contributed by atoms with E-state index in [9.17, 15) is 0 Å². The van der Waals surface area contributed by atoms with Crippen LogP contribution in [0.4, 0.5) is 5.82 Å². The van der Waals surface area contributed by atoms with Gasteiger partial charge in [-0.1, -0.05) is 13.0 Å². The fourth-order valence-electron chi connectivity index (χ4n) is 1.90. The van der Waals surface area contributed by atoms with E-state index in [1.165, 1.54) is 5.56 Å². The van der Waals surface area contributed by atoms with E-state index in [0.29, 0.717) is 12.5 Å². The van der Waals surface area contributed by atoms with Gasteiger partial charge in [-0.2, -0.15) is 5.26 Å². The molecule has 4 heteroatoms. The number of nitriles is 1. The fraction of sp³-hybridized carbons (Fsp3) is 0.600. The summed E-state index contributed by atoms with van der Waals surface area (Å²) in [5.74, 6) is 0.965. The number of anilines is 1. The first-order valence-electron chi connectivity index (χ1n) is 6.97. The second-order valence-electron chi connectivity index (χ2n) is 4.91. The van der Waals surface area contributed by atoms with Gasteiger partial charge in [0, 0.05) is 43.9 Å². The highest BCUT2D eigenvalue weighted by Gasteiger charge is 2.12. The van der Waals surface area contributed by atoms with Gasteiger partial charge in [-0.05, 0) is 26.3 Å². The van der Waals surface area contributed by atoms with E-state index in [-0.39, 0.29) is 0 Å². The first-order valence-corrected chi connectivity index (χ1v) is 6.97. The van der Waals surface area contributed by atoms with Crippen LogP contribution in [-0.4, -0.2) is 29.0 Å². The van der Waals surface area contributed by atoms with E-state index in [4.69, 9.17) is 5.26 Å². The van der Waals surface area contributed by atoms with Crippen LogP contribution in [-0.2, 0) is 6.54 Å². The average molecular weight is 260 g/mol. The molecule has 1 rings (SSSR count). The summed E-state index contributed by atoms with van der Waals surface area (Å²) >= 11 is 0. The summed E-state index contributed by atoms with van der Waals surface area (Å²) in [5, 5.41) is 12.1.